The SMILES string of the molecule is CC(C)(C)c1cc(-c2csc(-c3ccc(CC(=O)CC4CCC(O)CC4)cc3Cl)c2)ccn1. The first-order chi connectivity index (χ1) is 15.7. The molecule has 0 spiro atoms. The fourth-order valence-electron chi connectivity index (χ4n) is 4.49. The third kappa shape index (κ3) is 6.11. The zero-order valence-corrected chi connectivity index (χ0v) is 21.2. The fraction of sp³-hybridized carbons (Fsp3) is 0.429. The molecule has 0 unspecified atom stereocenters. The number of Topliss-reactive ketones (excluding diaryl/α,β-unsaturated/α-hetero) is 1. The number of aliphatic hydroxyl groups is 1. The Balaban J connectivity index is 1.45. The molecule has 1 N–H and O–H groups in total. The lowest BCUT2D eigenvalue weighted by atomic mass is 9.83. The average molecular weight is 482 g/mol. The van der Waals surface area contributed by atoms with E-state index in [1.807, 2.05) is 30.5 Å². The van der Waals surface area contributed by atoms with Gasteiger partial charge >= 0.3 is 0 Å². The van der Waals surface area contributed by atoms with Gasteiger partial charge in [-0.3, -0.25) is 9.78 Å². The van der Waals surface area contributed by atoms with Crippen molar-refractivity contribution < 1.29 is 9.90 Å². The van der Waals surface area contributed by atoms with Gasteiger partial charge in [-0.1, -0.05) is 44.5 Å². The van der Waals surface area contributed by atoms with E-state index >= 15 is 0 Å². The van der Waals surface area contributed by atoms with E-state index in [2.05, 4.69) is 43.3 Å². The van der Waals surface area contributed by atoms with Crippen molar-refractivity contribution in [3.05, 3.63) is 64.3 Å². The van der Waals surface area contributed by atoms with Gasteiger partial charge in [-0.2, -0.15) is 0 Å². The molecule has 2 aromatic heterocycles. The van der Waals surface area contributed by atoms with Gasteiger partial charge < -0.3 is 5.11 Å². The van der Waals surface area contributed by atoms with Crippen LogP contribution in [0.2, 0.25) is 5.02 Å². The minimum absolute atomic E-state index is 0.00365. The smallest absolute Gasteiger partial charge is 0.137 e. The number of ketones is 1. The molecule has 3 aromatic rings. The molecule has 1 fully saturated rings. The van der Waals surface area contributed by atoms with Crippen LogP contribution in [0.25, 0.3) is 21.6 Å². The number of aromatic nitrogens is 1. The van der Waals surface area contributed by atoms with Crippen LogP contribution in [0.1, 0.15) is 64.1 Å². The number of nitrogens with zero attached hydrogens (tertiary/aromatic N) is 1. The van der Waals surface area contributed by atoms with Gasteiger partial charge in [0.25, 0.3) is 0 Å². The average Bonchev–Trinajstić information content (AvgIpc) is 3.25. The van der Waals surface area contributed by atoms with Gasteiger partial charge in [-0.25, -0.2) is 0 Å². The summed E-state index contributed by atoms with van der Waals surface area (Å²) in [6, 6.07) is 12.4. The lowest BCUT2D eigenvalue weighted by Crippen LogP contribution is -2.20. The first-order valence-electron chi connectivity index (χ1n) is 11.7. The summed E-state index contributed by atoms with van der Waals surface area (Å²) in [6.45, 7) is 6.51. The highest BCUT2D eigenvalue weighted by molar-refractivity contribution is 7.14. The number of rotatable bonds is 6. The fourth-order valence-corrected chi connectivity index (χ4v) is 5.81. The number of halogens is 1. The summed E-state index contributed by atoms with van der Waals surface area (Å²) in [7, 11) is 0. The highest BCUT2D eigenvalue weighted by Crippen LogP contribution is 2.37. The number of thiophene rings is 1. The van der Waals surface area contributed by atoms with E-state index in [0.29, 0.717) is 23.8 Å². The zero-order valence-electron chi connectivity index (χ0n) is 19.6. The van der Waals surface area contributed by atoms with Gasteiger partial charge in [0.05, 0.1) is 6.10 Å². The van der Waals surface area contributed by atoms with Crippen molar-refractivity contribution >= 4 is 28.7 Å². The van der Waals surface area contributed by atoms with E-state index in [1.165, 1.54) is 0 Å². The minimum atomic E-state index is -0.181. The summed E-state index contributed by atoms with van der Waals surface area (Å²) in [4.78, 5) is 18.2. The van der Waals surface area contributed by atoms with Crippen molar-refractivity contribution in [2.75, 3.05) is 0 Å². The second-order valence-electron chi connectivity index (χ2n) is 10.3. The molecule has 1 aliphatic rings. The monoisotopic (exact) mass is 481 g/mol. The zero-order chi connectivity index (χ0) is 23.6. The molecule has 0 bridgehead atoms. The molecular formula is C28H32ClNO2S. The van der Waals surface area contributed by atoms with Crippen molar-refractivity contribution in [3.8, 4) is 21.6 Å². The van der Waals surface area contributed by atoms with Crippen LogP contribution < -0.4 is 0 Å². The largest absolute Gasteiger partial charge is 0.393 e. The summed E-state index contributed by atoms with van der Waals surface area (Å²) in [5.41, 5.74) is 5.36. The van der Waals surface area contributed by atoms with E-state index in [0.717, 1.165) is 58.5 Å². The van der Waals surface area contributed by atoms with Crippen molar-refractivity contribution in [2.24, 2.45) is 5.92 Å². The predicted octanol–water partition coefficient (Wildman–Crippen LogP) is 7.48. The number of carbonyl (C=O) groups excluding carboxylic acids is 1. The number of aliphatic hydroxyl groups excluding tert-OH is 1. The van der Waals surface area contributed by atoms with E-state index in [1.54, 1.807) is 11.3 Å². The Labute approximate surface area is 205 Å². The standard InChI is InChI=1S/C28H32ClNO2S/c1-28(2,3)27-16-20(10-11-30-27)21-15-26(33-17-21)24-9-6-19(14-25(24)29)13-23(32)12-18-4-7-22(31)8-5-18/h6,9-11,14-18,22,31H,4-5,7-8,12-13H2,1-3H3. The molecule has 33 heavy (non-hydrogen) atoms. The van der Waals surface area contributed by atoms with Crippen molar-refractivity contribution in [3.63, 3.8) is 0 Å². The molecule has 1 aromatic carbocycles. The molecule has 174 valence electrons. The molecule has 2 heterocycles. The van der Waals surface area contributed by atoms with Crippen LogP contribution in [0.5, 0.6) is 0 Å². The Morgan fingerprint density at radius 3 is 2.55 bits per heavy atom. The molecule has 1 aliphatic carbocycles. The van der Waals surface area contributed by atoms with Crippen LogP contribution in [0.4, 0.5) is 0 Å². The number of hydrogen-bond donors (Lipinski definition) is 1. The number of pyridine rings is 1. The third-order valence-corrected chi connectivity index (χ3v) is 7.77. The molecule has 3 nitrogen and oxygen atoms in total. The van der Waals surface area contributed by atoms with E-state index < -0.39 is 0 Å². The van der Waals surface area contributed by atoms with Gasteiger partial charge in [0.1, 0.15) is 5.78 Å². The van der Waals surface area contributed by atoms with Crippen LogP contribution in [-0.2, 0) is 16.6 Å². The van der Waals surface area contributed by atoms with Gasteiger partial charge in [-0.15, -0.1) is 11.3 Å². The van der Waals surface area contributed by atoms with Crippen LogP contribution in [0, 0.1) is 5.92 Å². The quantitative estimate of drug-likeness (QED) is 0.397. The van der Waals surface area contributed by atoms with Crippen LogP contribution >= 0.6 is 22.9 Å². The predicted molar refractivity (Wildman–Crippen MR) is 138 cm³/mol. The summed E-state index contributed by atoms with van der Waals surface area (Å²) in [5.74, 6) is 0.665. The normalized spacial score (nSPS) is 18.9. The summed E-state index contributed by atoms with van der Waals surface area (Å²) >= 11 is 8.33. The first-order valence-corrected chi connectivity index (χ1v) is 13.0. The van der Waals surface area contributed by atoms with Crippen LogP contribution in [0.3, 0.4) is 0 Å². The Kier molecular flexibility index (Phi) is 7.37. The second kappa shape index (κ2) is 10.1. The van der Waals surface area contributed by atoms with Crippen molar-refractivity contribution in [1.29, 1.82) is 0 Å². The Morgan fingerprint density at radius 1 is 1.09 bits per heavy atom. The molecule has 0 radical (unpaired) electrons. The maximum Gasteiger partial charge on any atom is 0.137 e. The number of carbonyl (C=O) groups is 1. The van der Waals surface area contributed by atoms with E-state index in [4.69, 9.17) is 11.6 Å². The summed E-state index contributed by atoms with van der Waals surface area (Å²) in [6.07, 6.45) is 6.24. The van der Waals surface area contributed by atoms with Gasteiger partial charge in [0, 0.05) is 45.6 Å². The molecule has 5 heteroatoms. The highest BCUT2D eigenvalue weighted by Gasteiger charge is 2.22. The van der Waals surface area contributed by atoms with Gasteiger partial charge in [0.2, 0.25) is 0 Å². The molecule has 4 rings (SSSR count). The molecule has 0 aliphatic heterocycles. The molecule has 1 saturated carbocycles. The molecular weight excluding hydrogens is 450 g/mol. The van der Waals surface area contributed by atoms with Crippen molar-refractivity contribution in [1.82, 2.24) is 4.98 Å². The van der Waals surface area contributed by atoms with E-state index in [9.17, 15) is 9.90 Å². The topological polar surface area (TPSA) is 50.2 Å². The highest BCUT2D eigenvalue weighted by atomic mass is 35.5. The lowest BCUT2D eigenvalue weighted by molar-refractivity contribution is -0.119. The van der Waals surface area contributed by atoms with Gasteiger partial charge in [-0.05, 0) is 77.9 Å². The summed E-state index contributed by atoms with van der Waals surface area (Å²) in [5, 5.41) is 12.5. The molecule has 0 saturated heterocycles. The van der Waals surface area contributed by atoms with Crippen LogP contribution in [0.15, 0.2) is 48.0 Å². The van der Waals surface area contributed by atoms with E-state index in [-0.39, 0.29) is 17.3 Å². The first kappa shape index (κ1) is 24.1. The Bertz CT molecular complexity index is 1120. The minimum Gasteiger partial charge on any atom is -0.393 e. The third-order valence-electron chi connectivity index (χ3n) is 6.49. The van der Waals surface area contributed by atoms with Crippen molar-refractivity contribution in [2.45, 2.75) is 70.8 Å². The maximum absolute atomic E-state index is 12.6. The Morgan fingerprint density at radius 2 is 1.85 bits per heavy atom. The second-order valence-corrected chi connectivity index (χ2v) is 11.6. The molecule has 0 atom stereocenters. The summed E-state index contributed by atoms with van der Waals surface area (Å²) < 4.78 is 0. The van der Waals surface area contributed by atoms with Crippen LogP contribution in [-0.4, -0.2) is 22.0 Å². The number of hydrogen-bond acceptors (Lipinski definition) is 4. The van der Waals surface area contributed by atoms with Gasteiger partial charge in [0.15, 0.2) is 0 Å². The molecule has 0 amide bonds. The Hall–Kier alpha value is -2.01. The maximum atomic E-state index is 12.6. The lowest BCUT2D eigenvalue weighted by Gasteiger charge is -2.24. The number of benzene rings is 1.